The summed E-state index contributed by atoms with van der Waals surface area (Å²) in [5, 5.41) is 0. The smallest absolute Gasteiger partial charge is 0.438 e. The summed E-state index contributed by atoms with van der Waals surface area (Å²) >= 11 is 0. The highest BCUT2D eigenvalue weighted by molar-refractivity contribution is 5.59. The van der Waals surface area contributed by atoms with E-state index >= 15 is 0 Å². The number of ether oxygens (including phenoxy) is 2. The van der Waals surface area contributed by atoms with E-state index in [1.807, 2.05) is 0 Å². The molecule has 0 rings (SSSR count). The van der Waals surface area contributed by atoms with E-state index in [1.165, 1.54) is 7.11 Å². The molecule has 0 aromatic carbocycles. The molecule has 0 fully saturated rings. The number of hydrogen-bond donors (Lipinski definition) is 0. The van der Waals surface area contributed by atoms with Crippen molar-refractivity contribution in [2.45, 2.75) is 6.92 Å². The van der Waals surface area contributed by atoms with Crippen LogP contribution >= 0.6 is 0 Å². The summed E-state index contributed by atoms with van der Waals surface area (Å²) in [5.41, 5.74) is 0.792. The van der Waals surface area contributed by atoms with Gasteiger partial charge in [0, 0.05) is 0 Å². The van der Waals surface area contributed by atoms with Crippen LogP contribution in [0.5, 0.6) is 0 Å². The predicted octanol–water partition coefficient (Wildman–Crippen LogP) is 1.35. The van der Waals surface area contributed by atoms with Gasteiger partial charge >= 0.3 is 6.16 Å². The first kappa shape index (κ1) is 8.01. The van der Waals surface area contributed by atoms with Crippen molar-refractivity contribution in [2.75, 3.05) is 13.7 Å². The Labute approximate surface area is 54.3 Å². The first-order chi connectivity index (χ1) is 4.16. The average Bonchev–Trinajstić information content (AvgIpc) is 1.83. The first-order valence-electron chi connectivity index (χ1n) is 2.52. The summed E-state index contributed by atoms with van der Waals surface area (Å²) in [5.74, 6) is 0. The van der Waals surface area contributed by atoms with Gasteiger partial charge in [-0.2, -0.15) is 0 Å². The summed E-state index contributed by atoms with van der Waals surface area (Å²) in [6, 6.07) is 0. The van der Waals surface area contributed by atoms with Gasteiger partial charge in [0.1, 0.15) is 6.61 Å². The fourth-order valence-electron chi connectivity index (χ4n) is 0.241. The maximum atomic E-state index is 10.2. The number of carbonyl (C=O) groups is 1. The van der Waals surface area contributed by atoms with Crippen molar-refractivity contribution in [2.24, 2.45) is 0 Å². The molecule has 0 aromatic heterocycles. The lowest BCUT2D eigenvalue weighted by Crippen LogP contribution is -2.05. The highest BCUT2D eigenvalue weighted by Gasteiger charge is 1.97. The fourth-order valence-corrected chi connectivity index (χ4v) is 0.241. The Bertz CT molecular complexity index is 117. The van der Waals surface area contributed by atoms with Gasteiger partial charge in [-0.1, -0.05) is 6.58 Å². The standard InChI is InChI=1S/C6H10O3/c1-5(2)4-9-6(7)8-3/h1,4H2,2-3H3. The van der Waals surface area contributed by atoms with Crippen LogP contribution in [0.25, 0.3) is 0 Å². The minimum absolute atomic E-state index is 0.229. The summed E-state index contributed by atoms with van der Waals surface area (Å²) in [6.45, 7) is 5.52. The van der Waals surface area contributed by atoms with E-state index in [9.17, 15) is 4.79 Å². The van der Waals surface area contributed by atoms with Gasteiger partial charge in [-0.3, -0.25) is 0 Å². The van der Waals surface area contributed by atoms with Gasteiger partial charge in [0.05, 0.1) is 7.11 Å². The zero-order chi connectivity index (χ0) is 7.28. The van der Waals surface area contributed by atoms with E-state index in [2.05, 4.69) is 16.1 Å². The zero-order valence-corrected chi connectivity index (χ0v) is 5.64. The Kier molecular flexibility index (Phi) is 3.51. The van der Waals surface area contributed by atoms with Gasteiger partial charge in [-0.25, -0.2) is 4.79 Å². The van der Waals surface area contributed by atoms with Gasteiger partial charge in [0.2, 0.25) is 0 Å². The third kappa shape index (κ3) is 4.87. The Morgan fingerprint density at radius 2 is 2.22 bits per heavy atom. The lowest BCUT2D eigenvalue weighted by Gasteiger charge is -1.99. The third-order valence-corrected chi connectivity index (χ3v) is 0.603. The van der Waals surface area contributed by atoms with Crippen molar-refractivity contribution in [1.82, 2.24) is 0 Å². The van der Waals surface area contributed by atoms with Gasteiger partial charge in [-0.05, 0) is 12.5 Å². The van der Waals surface area contributed by atoms with Crippen LogP contribution in [0.3, 0.4) is 0 Å². The Hall–Kier alpha value is -0.990. The average molecular weight is 130 g/mol. The molecule has 52 valence electrons. The van der Waals surface area contributed by atoms with Crippen LogP contribution in [0.15, 0.2) is 12.2 Å². The Morgan fingerprint density at radius 1 is 1.67 bits per heavy atom. The minimum atomic E-state index is -0.669. The number of carbonyl (C=O) groups excluding carboxylic acids is 1. The molecule has 0 aliphatic heterocycles. The van der Waals surface area contributed by atoms with Crippen molar-refractivity contribution in [3.8, 4) is 0 Å². The summed E-state index contributed by atoms with van der Waals surface area (Å²) in [6.07, 6.45) is -0.669. The summed E-state index contributed by atoms with van der Waals surface area (Å²) in [4.78, 5) is 10.2. The van der Waals surface area contributed by atoms with Crippen molar-refractivity contribution in [1.29, 1.82) is 0 Å². The number of methoxy groups -OCH3 is 1. The predicted molar refractivity (Wildman–Crippen MR) is 33.2 cm³/mol. The zero-order valence-electron chi connectivity index (χ0n) is 5.64. The van der Waals surface area contributed by atoms with E-state index in [4.69, 9.17) is 0 Å². The molecule has 3 heteroatoms. The highest BCUT2D eigenvalue weighted by atomic mass is 16.7. The van der Waals surface area contributed by atoms with Crippen molar-refractivity contribution in [3.05, 3.63) is 12.2 Å². The summed E-state index contributed by atoms with van der Waals surface area (Å²) in [7, 11) is 1.26. The normalized spacial score (nSPS) is 8.22. The molecule has 0 N–H and O–H groups in total. The van der Waals surface area contributed by atoms with Gasteiger partial charge in [0.15, 0.2) is 0 Å². The second kappa shape index (κ2) is 3.95. The Balaban J connectivity index is 3.28. The molecule has 0 saturated heterocycles. The van der Waals surface area contributed by atoms with Crippen LogP contribution in [-0.2, 0) is 9.47 Å². The number of rotatable bonds is 2. The van der Waals surface area contributed by atoms with E-state index in [1.54, 1.807) is 6.92 Å². The molecule has 0 saturated carbocycles. The topological polar surface area (TPSA) is 35.5 Å². The first-order valence-corrected chi connectivity index (χ1v) is 2.52. The molecule has 0 radical (unpaired) electrons. The molecule has 0 unspecified atom stereocenters. The molecule has 0 spiro atoms. The lowest BCUT2D eigenvalue weighted by atomic mass is 10.4. The van der Waals surface area contributed by atoms with Crippen LogP contribution in [0, 0.1) is 0 Å². The van der Waals surface area contributed by atoms with Gasteiger partial charge in [-0.15, -0.1) is 0 Å². The van der Waals surface area contributed by atoms with Crippen molar-refractivity contribution >= 4 is 6.16 Å². The molecule has 0 aliphatic rings. The second-order valence-corrected chi connectivity index (χ2v) is 1.70. The third-order valence-electron chi connectivity index (χ3n) is 0.603. The molecule has 0 atom stereocenters. The lowest BCUT2D eigenvalue weighted by molar-refractivity contribution is 0.0799. The monoisotopic (exact) mass is 130 g/mol. The maximum absolute atomic E-state index is 10.2. The molecule has 0 aliphatic carbocycles. The van der Waals surface area contributed by atoms with Crippen LogP contribution in [0.2, 0.25) is 0 Å². The molecular formula is C6H10O3. The molecule has 3 nitrogen and oxygen atoms in total. The SMILES string of the molecule is C=C(C)COC(=O)OC. The molecule has 9 heavy (non-hydrogen) atoms. The van der Waals surface area contributed by atoms with Crippen LogP contribution in [-0.4, -0.2) is 19.9 Å². The van der Waals surface area contributed by atoms with Crippen LogP contribution in [0.4, 0.5) is 4.79 Å². The van der Waals surface area contributed by atoms with E-state index in [-0.39, 0.29) is 6.61 Å². The van der Waals surface area contributed by atoms with Gasteiger partial charge < -0.3 is 9.47 Å². The van der Waals surface area contributed by atoms with E-state index in [0.29, 0.717) is 0 Å². The quantitative estimate of drug-likeness (QED) is 0.418. The second-order valence-electron chi connectivity index (χ2n) is 1.70. The van der Waals surface area contributed by atoms with E-state index in [0.717, 1.165) is 5.57 Å². The summed E-state index contributed by atoms with van der Waals surface area (Å²) < 4.78 is 8.69. The Morgan fingerprint density at radius 3 is 2.56 bits per heavy atom. The molecule has 0 heterocycles. The van der Waals surface area contributed by atoms with Crippen LogP contribution < -0.4 is 0 Å². The number of hydrogen-bond acceptors (Lipinski definition) is 3. The molecule has 0 bridgehead atoms. The maximum Gasteiger partial charge on any atom is 0.508 e. The largest absolute Gasteiger partial charge is 0.508 e. The minimum Gasteiger partial charge on any atom is -0.438 e. The van der Waals surface area contributed by atoms with Crippen LogP contribution in [0.1, 0.15) is 6.92 Å². The van der Waals surface area contributed by atoms with Crippen molar-refractivity contribution < 1.29 is 14.3 Å². The highest BCUT2D eigenvalue weighted by Crippen LogP contribution is 1.89. The fraction of sp³-hybridized carbons (Fsp3) is 0.500. The molecular weight excluding hydrogens is 120 g/mol. The molecule has 0 amide bonds. The molecule has 0 aromatic rings. The van der Waals surface area contributed by atoms with Gasteiger partial charge in [0.25, 0.3) is 0 Å². The van der Waals surface area contributed by atoms with E-state index < -0.39 is 6.16 Å². The van der Waals surface area contributed by atoms with Crippen molar-refractivity contribution in [3.63, 3.8) is 0 Å².